The molecule has 0 bridgehead atoms. The van der Waals surface area contributed by atoms with Crippen LogP contribution in [-0.2, 0) is 14.4 Å². The van der Waals surface area contributed by atoms with Gasteiger partial charge in [0.1, 0.15) is 18.4 Å². The molecule has 1 fully saturated rings. The van der Waals surface area contributed by atoms with Gasteiger partial charge in [0.25, 0.3) is 5.91 Å². The van der Waals surface area contributed by atoms with Gasteiger partial charge in [-0.25, -0.2) is 0 Å². The molecule has 1 unspecified atom stereocenters. The first kappa shape index (κ1) is 21.0. The summed E-state index contributed by atoms with van der Waals surface area (Å²) in [7, 11) is 2.44. The Morgan fingerprint density at radius 1 is 1.35 bits per heavy atom. The Kier molecular flexibility index (Phi) is 8.10. The van der Waals surface area contributed by atoms with Gasteiger partial charge in [-0.1, -0.05) is 0 Å². The number of likely N-dealkylation sites (N-methyl/N-ethyl adjacent to an activating group) is 1. The summed E-state index contributed by atoms with van der Waals surface area (Å²) in [5.74, 6) is -1.15. The van der Waals surface area contributed by atoms with E-state index < -0.39 is 17.9 Å². The van der Waals surface area contributed by atoms with Crippen molar-refractivity contribution < 1.29 is 33.8 Å². The van der Waals surface area contributed by atoms with Crippen molar-refractivity contribution in [1.82, 2.24) is 10.2 Å². The topological polar surface area (TPSA) is 130 Å². The van der Waals surface area contributed by atoms with E-state index in [-0.39, 0.29) is 42.2 Å². The molecule has 0 saturated carbocycles. The second-order valence-corrected chi connectivity index (χ2v) is 5.23. The van der Waals surface area contributed by atoms with Crippen molar-refractivity contribution in [2.24, 2.45) is 0 Å². The number of ether oxygens (including phenoxy) is 1. The number of piperidine rings is 1. The van der Waals surface area contributed by atoms with Crippen LogP contribution in [0.15, 0.2) is 18.2 Å². The minimum atomic E-state index is -0.777. The lowest BCUT2D eigenvalue weighted by Crippen LogP contribution is -2.53. The Labute approximate surface area is 149 Å². The molecule has 0 aromatic heterocycles. The molecule has 1 atom stereocenters. The lowest BCUT2D eigenvalue weighted by molar-refractivity contribution is -0.136. The van der Waals surface area contributed by atoms with Gasteiger partial charge < -0.3 is 14.7 Å². The highest BCUT2D eigenvalue weighted by Gasteiger charge is 2.33. The molecule has 9 heteroatoms. The molecular formula is C17H20N2O7. The number of nitrogens with one attached hydrogen (secondary N) is 1. The van der Waals surface area contributed by atoms with Crippen LogP contribution < -0.4 is 10.1 Å². The van der Waals surface area contributed by atoms with E-state index in [9.17, 15) is 24.0 Å². The van der Waals surface area contributed by atoms with Crippen LogP contribution in [0.1, 0.15) is 33.6 Å². The Morgan fingerprint density at radius 2 is 2.04 bits per heavy atom. The number of aldehydes is 2. The molecule has 3 amide bonds. The Hall–Kier alpha value is -3.07. The summed E-state index contributed by atoms with van der Waals surface area (Å²) in [6, 6.07) is 3.43. The number of aliphatic hydroxyl groups is 1. The second-order valence-electron chi connectivity index (χ2n) is 5.23. The fourth-order valence-corrected chi connectivity index (χ4v) is 2.44. The molecule has 9 nitrogen and oxygen atoms in total. The zero-order chi connectivity index (χ0) is 19.7. The third kappa shape index (κ3) is 4.96. The van der Waals surface area contributed by atoms with Crippen LogP contribution in [0, 0.1) is 0 Å². The molecule has 0 spiro atoms. The molecular weight excluding hydrogens is 344 g/mol. The quantitative estimate of drug-likeness (QED) is 0.517. The number of rotatable bonds is 6. The summed E-state index contributed by atoms with van der Waals surface area (Å²) >= 11 is 0. The number of imide groups is 1. The summed E-state index contributed by atoms with van der Waals surface area (Å²) in [6.07, 6.45) is 1.44. The van der Waals surface area contributed by atoms with Crippen molar-refractivity contribution in [3.05, 3.63) is 29.3 Å². The van der Waals surface area contributed by atoms with Gasteiger partial charge in [-0.15, -0.1) is 0 Å². The molecule has 1 aromatic carbocycles. The minimum absolute atomic E-state index is 0.0857. The standard InChI is InChI=1S/C16H16N2O6.CH4O/c1-18(13-4-5-14(21)17-15(13)22)16(23)12-3-2-11(24-7-6-19)8-10(12)9-20;1-2/h2-3,6,8-9,13H,4-5,7H2,1H3,(H,17,21,22);2H,1H3. The first-order chi connectivity index (χ1) is 12.5. The van der Waals surface area contributed by atoms with Crippen LogP contribution in [0.25, 0.3) is 0 Å². The van der Waals surface area contributed by atoms with E-state index in [1.165, 1.54) is 30.1 Å². The predicted molar refractivity (Wildman–Crippen MR) is 89.8 cm³/mol. The van der Waals surface area contributed by atoms with Gasteiger partial charge in [-0.3, -0.25) is 29.3 Å². The Morgan fingerprint density at radius 3 is 2.62 bits per heavy atom. The molecule has 0 aliphatic carbocycles. The first-order valence-corrected chi connectivity index (χ1v) is 7.69. The average Bonchev–Trinajstić information content (AvgIpc) is 2.66. The summed E-state index contributed by atoms with van der Waals surface area (Å²) in [6.45, 7) is -0.165. The Bertz CT molecular complexity index is 702. The number of benzene rings is 1. The number of nitrogens with zero attached hydrogens (tertiary/aromatic N) is 1. The summed E-state index contributed by atoms with van der Waals surface area (Å²) in [5, 5.41) is 9.18. The van der Waals surface area contributed by atoms with E-state index in [2.05, 4.69) is 5.32 Å². The number of hydrogen-bond donors (Lipinski definition) is 2. The molecule has 0 radical (unpaired) electrons. The molecule has 1 saturated heterocycles. The second kappa shape index (κ2) is 10.0. The van der Waals surface area contributed by atoms with Crippen molar-refractivity contribution in [2.75, 3.05) is 20.8 Å². The van der Waals surface area contributed by atoms with Crippen molar-refractivity contribution >= 4 is 30.3 Å². The smallest absolute Gasteiger partial charge is 0.255 e. The zero-order valence-electron chi connectivity index (χ0n) is 14.4. The molecule has 26 heavy (non-hydrogen) atoms. The normalized spacial score (nSPS) is 15.9. The summed E-state index contributed by atoms with van der Waals surface area (Å²) < 4.78 is 5.08. The first-order valence-electron chi connectivity index (χ1n) is 7.69. The highest BCUT2D eigenvalue weighted by atomic mass is 16.5. The average molecular weight is 364 g/mol. The molecule has 1 aromatic rings. The molecule has 1 heterocycles. The van der Waals surface area contributed by atoms with E-state index in [1.54, 1.807) is 0 Å². The van der Waals surface area contributed by atoms with Crippen molar-refractivity contribution in [1.29, 1.82) is 0 Å². The largest absolute Gasteiger partial charge is 0.486 e. The fourth-order valence-electron chi connectivity index (χ4n) is 2.44. The summed E-state index contributed by atoms with van der Waals surface area (Å²) in [5.41, 5.74) is 0.193. The van der Waals surface area contributed by atoms with Crippen molar-refractivity contribution in [3.63, 3.8) is 0 Å². The van der Waals surface area contributed by atoms with Gasteiger partial charge in [0.2, 0.25) is 11.8 Å². The minimum Gasteiger partial charge on any atom is -0.486 e. The molecule has 2 N–H and O–H groups in total. The van der Waals surface area contributed by atoms with Crippen LogP contribution in [0.3, 0.4) is 0 Å². The van der Waals surface area contributed by atoms with E-state index in [4.69, 9.17) is 9.84 Å². The van der Waals surface area contributed by atoms with E-state index in [0.29, 0.717) is 12.6 Å². The lowest BCUT2D eigenvalue weighted by atomic mass is 10.0. The van der Waals surface area contributed by atoms with Crippen molar-refractivity contribution in [2.45, 2.75) is 18.9 Å². The van der Waals surface area contributed by atoms with Gasteiger partial charge in [0.15, 0.2) is 12.6 Å². The highest BCUT2D eigenvalue weighted by Crippen LogP contribution is 2.20. The number of amides is 3. The van der Waals surface area contributed by atoms with Crippen LogP contribution >= 0.6 is 0 Å². The van der Waals surface area contributed by atoms with E-state index >= 15 is 0 Å². The SMILES string of the molecule is CN(C(=O)c1ccc(OCC=O)cc1C=O)C1CCC(=O)NC1=O.CO. The predicted octanol–water partition coefficient (Wildman–Crippen LogP) is -0.437. The van der Waals surface area contributed by atoms with Crippen molar-refractivity contribution in [3.8, 4) is 5.75 Å². The van der Waals surface area contributed by atoms with Gasteiger partial charge in [0.05, 0.1) is 5.56 Å². The van der Waals surface area contributed by atoms with Gasteiger partial charge >= 0.3 is 0 Å². The van der Waals surface area contributed by atoms with Gasteiger partial charge in [0, 0.05) is 26.1 Å². The van der Waals surface area contributed by atoms with Gasteiger partial charge in [-0.2, -0.15) is 0 Å². The molecule has 2 rings (SSSR count). The van der Waals surface area contributed by atoms with E-state index in [0.717, 1.165) is 7.11 Å². The third-order valence-corrected chi connectivity index (χ3v) is 3.70. The van der Waals surface area contributed by atoms with Crippen LogP contribution in [-0.4, -0.2) is 67.1 Å². The monoisotopic (exact) mass is 364 g/mol. The maximum absolute atomic E-state index is 12.6. The Balaban J connectivity index is 0.00000163. The summed E-state index contributed by atoms with van der Waals surface area (Å²) in [4.78, 5) is 58.4. The fraction of sp³-hybridized carbons (Fsp3) is 0.353. The number of aliphatic hydroxyl groups excluding tert-OH is 1. The third-order valence-electron chi connectivity index (χ3n) is 3.70. The zero-order valence-corrected chi connectivity index (χ0v) is 14.4. The number of carbonyl (C=O) groups excluding carboxylic acids is 5. The van der Waals surface area contributed by atoms with Crippen LogP contribution in [0.2, 0.25) is 0 Å². The van der Waals surface area contributed by atoms with E-state index in [1.807, 2.05) is 0 Å². The van der Waals surface area contributed by atoms with Crippen LogP contribution in [0.5, 0.6) is 5.75 Å². The van der Waals surface area contributed by atoms with Gasteiger partial charge in [-0.05, 0) is 24.6 Å². The maximum Gasteiger partial charge on any atom is 0.255 e. The van der Waals surface area contributed by atoms with Crippen LogP contribution in [0.4, 0.5) is 0 Å². The molecule has 1 aliphatic rings. The maximum atomic E-state index is 12.6. The number of carbonyl (C=O) groups is 5. The number of hydrogen-bond acceptors (Lipinski definition) is 7. The molecule has 1 aliphatic heterocycles. The molecule has 140 valence electrons. The lowest BCUT2D eigenvalue weighted by Gasteiger charge is -2.30. The highest BCUT2D eigenvalue weighted by molar-refractivity contribution is 6.06.